The summed E-state index contributed by atoms with van der Waals surface area (Å²) in [6.07, 6.45) is 7.32. The van der Waals surface area contributed by atoms with Gasteiger partial charge in [-0.2, -0.15) is 4.31 Å². The van der Waals surface area contributed by atoms with Crippen molar-refractivity contribution < 1.29 is 16.8 Å². The lowest BCUT2D eigenvalue weighted by atomic mass is 10.1. The molecule has 3 rings (SSSR count). The number of rotatable bonds is 7. The first-order chi connectivity index (χ1) is 10.2. The molecule has 0 aromatic carbocycles. The van der Waals surface area contributed by atoms with Crippen LogP contribution in [0.1, 0.15) is 25.7 Å². The second-order valence-corrected chi connectivity index (χ2v) is 10.6. The summed E-state index contributed by atoms with van der Waals surface area (Å²) in [6.45, 7) is 0.294. The van der Waals surface area contributed by atoms with Crippen LogP contribution in [-0.2, 0) is 19.9 Å². The molecular formula is C14H20N2O4S2. The summed E-state index contributed by atoms with van der Waals surface area (Å²) in [6, 6.07) is 3.14. The highest BCUT2D eigenvalue weighted by molar-refractivity contribution is 7.90. The van der Waals surface area contributed by atoms with Gasteiger partial charge in [-0.25, -0.2) is 16.8 Å². The third-order valence-electron chi connectivity index (χ3n) is 4.21. The molecule has 0 N–H and O–H groups in total. The number of aromatic nitrogens is 1. The van der Waals surface area contributed by atoms with Crippen LogP contribution in [0, 0.1) is 5.41 Å². The third-order valence-corrected chi connectivity index (χ3v) is 7.23. The van der Waals surface area contributed by atoms with Crippen molar-refractivity contribution in [2.24, 2.45) is 5.41 Å². The van der Waals surface area contributed by atoms with Crippen LogP contribution in [0.15, 0.2) is 29.4 Å². The van der Waals surface area contributed by atoms with E-state index in [0.717, 1.165) is 25.7 Å². The molecule has 0 spiro atoms. The van der Waals surface area contributed by atoms with Crippen molar-refractivity contribution in [2.75, 3.05) is 18.6 Å². The van der Waals surface area contributed by atoms with E-state index >= 15 is 0 Å². The van der Waals surface area contributed by atoms with E-state index in [4.69, 9.17) is 0 Å². The number of nitrogens with zero attached hydrogens (tertiary/aromatic N) is 2. The lowest BCUT2D eigenvalue weighted by Gasteiger charge is -2.26. The molecule has 22 heavy (non-hydrogen) atoms. The van der Waals surface area contributed by atoms with Crippen LogP contribution in [0.2, 0.25) is 0 Å². The van der Waals surface area contributed by atoms with Gasteiger partial charge in [-0.15, -0.1) is 0 Å². The van der Waals surface area contributed by atoms with E-state index in [2.05, 4.69) is 4.98 Å². The number of hydrogen-bond donors (Lipinski definition) is 0. The average Bonchev–Trinajstić information content (AvgIpc) is 3.31. The van der Waals surface area contributed by atoms with E-state index in [1.54, 1.807) is 6.07 Å². The average molecular weight is 344 g/mol. The molecule has 2 saturated carbocycles. The number of sulfone groups is 1. The van der Waals surface area contributed by atoms with Crippen molar-refractivity contribution in [3.63, 3.8) is 0 Å². The predicted molar refractivity (Wildman–Crippen MR) is 82.5 cm³/mol. The van der Waals surface area contributed by atoms with Gasteiger partial charge in [0.15, 0.2) is 0 Å². The Hall–Kier alpha value is -0.990. The largest absolute Gasteiger partial charge is 0.263 e. The second kappa shape index (κ2) is 5.28. The van der Waals surface area contributed by atoms with Gasteiger partial charge < -0.3 is 0 Å². The minimum atomic E-state index is -3.61. The predicted octanol–water partition coefficient (Wildman–Crippen LogP) is 1.06. The van der Waals surface area contributed by atoms with Crippen LogP contribution in [0.4, 0.5) is 0 Å². The number of sulfonamides is 1. The van der Waals surface area contributed by atoms with Gasteiger partial charge in [0, 0.05) is 31.2 Å². The molecule has 0 atom stereocenters. The fraction of sp³-hybridized carbons (Fsp3) is 0.643. The summed E-state index contributed by atoms with van der Waals surface area (Å²) in [5, 5.41) is 0. The molecular weight excluding hydrogens is 324 g/mol. The Bertz CT molecular complexity index is 751. The molecule has 0 unspecified atom stereocenters. The quantitative estimate of drug-likeness (QED) is 0.738. The molecule has 0 aliphatic heterocycles. The summed E-state index contributed by atoms with van der Waals surface area (Å²) < 4.78 is 50.3. The summed E-state index contributed by atoms with van der Waals surface area (Å²) in [5.74, 6) is 0.0613. The Labute approximate surface area is 131 Å². The molecule has 122 valence electrons. The SMILES string of the molecule is CS(=O)(=O)CC1(CN(C2CC2)S(=O)(=O)c2cccnc2)CC1. The lowest BCUT2D eigenvalue weighted by molar-refractivity contribution is 0.336. The van der Waals surface area contributed by atoms with Crippen LogP contribution in [-0.4, -0.2) is 50.7 Å². The summed E-state index contributed by atoms with van der Waals surface area (Å²) in [5.41, 5.74) is -0.397. The number of hydrogen-bond acceptors (Lipinski definition) is 5. The zero-order valence-electron chi connectivity index (χ0n) is 12.5. The van der Waals surface area contributed by atoms with Gasteiger partial charge in [-0.1, -0.05) is 0 Å². The molecule has 0 radical (unpaired) electrons. The molecule has 1 aromatic rings. The molecule has 1 aromatic heterocycles. The van der Waals surface area contributed by atoms with Crippen molar-refractivity contribution >= 4 is 19.9 Å². The zero-order valence-corrected chi connectivity index (χ0v) is 14.1. The minimum absolute atomic E-state index is 0.00208. The van der Waals surface area contributed by atoms with Gasteiger partial charge in [0.1, 0.15) is 14.7 Å². The Balaban J connectivity index is 1.86. The van der Waals surface area contributed by atoms with Crippen LogP contribution in [0.25, 0.3) is 0 Å². The summed E-state index contributed by atoms with van der Waals surface area (Å²) >= 11 is 0. The van der Waals surface area contributed by atoms with Crippen molar-refractivity contribution in [1.29, 1.82) is 0 Å². The van der Waals surface area contributed by atoms with Crippen molar-refractivity contribution in [2.45, 2.75) is 36.6 Å². The second-order valence-electron chi connectivity index (χ2n) is 6.54. The molecule has 1 heterocycles. The van der Waals surface area contributed by atoms with Gasteiger partial charge in [-0.3, -0.25) is 4.98 Å². The smallest absolute Gasteiger partial charge is 0.244 e. The van der Waals surface area contributed by atoms with Crippen LogP contribution < -0.4 is 0 Å². The van der Waals surface area contributed by atoms with Gasteiger partial charge in [0.2, 0.25) is 10.0 Å². The highest BCUT2D eigenvalue weighted by Gasteiger charge is 2.51. The maximum atomic E-state index is 12.8. The van der Waals surface area contributed by atoms with E-state index in [1.165, 1.54) is 29.0 Å². The van der Waals surface area contributed by atoms with Crippen LogP contribution in [0.3, 0.4) is 0 Å². The van der Waals surface area contributed by atoms with Crippen LogP contribution >= 0.6 is 0 Å². The molecule has 2 aliphatic carbocycles. The first kappa shape index (κ1) is 15.9. The Kier molecular flexibility index (Phi) is 3.81. The van der Waals surface area contributed by atoms with E-state index in [-0.39, 0.29) is 16.7 Å². The van der Waals surface area contributed by atoms with Gasteiger partial charge in [-0.05, 0) is 43.2 Å². The van der Waals surface area contributed by atoms with E-state index in [9.17, 15) is 16.8 Å². The van der Waals surface area contributed by atoms with Gasteiger partial charge in [0.05, 0.1) is 5.75 Å². The third kappa shape index (κ3) is 3.49. The molecule has 2 fully saturated rings. The molecule has 8 heteroatoms. The van der Waals surface area contributed by atoms with E-state index < -0.39 is 25.3 Å². The summed E-state index contributed by atoms with van der Waals surface area (Å²) in [4.78, 5) is 4.06. The maximum Gasteiger partial charge on any atom is 0.244 e. The van der Waals surface area contributed by atoms with Crippen molar-refractivity contribution in [3.8, 4) is 0 Å². The van der Waals surface area contributed by atoms with Crippen molar-refractivity contribution in [3.05, 3.63) is 24.5 Å². The zero-order chi connectivity index (χ0) is 16.0. The molecule has 2 aliphatic rings. The first-order valence-corrected chi connectivity index (χ1v) is 10.8. The standard InChI is InChI=1S/C14H20N2O4S2/c1-21(17,18)11-14(6-7-14)10-16(12-4-5-12)22(19,20)13-3-2-8-15-9-13/h2-3,8-9,12H,4-7,10-11H2,1H3. The fourth-order valence-corrected chi connectivity index (χ4v) is 6.07. The summed E-state index contributed by atoms with van der Waals surface area (Å²) in [7, 11) is -6.72. The van der Waals surface area contributed by atoms with E-state index in [1.807, 2.05) is 0 Å². The van der Waals surface area contributed by atoms with Crippen LogP contribution in [0.5, 0.6) is 0 Å². The highest BCUT2D eigenvalue weighted by atomic mass is 32.2. The van der Waals surface area contributed by atoms with Gasteiger partial charge in [0.25, 0.3) is 0 Å². The monoisotopic (exact) mass is 344 g/mol. The molecule has 0 bridgehead atoms. The van der Waals surface area contributed by atoms with Crippen molar-refractivity contribution in [1.82, 2.24) is 9.29 Å². The minimum Gasteiger partial charge on any atom is -0.263 e. The lowest BCUT2D eigenvalue weighted by Crippen LogP contribution is -2.39. The molecule has 0 saturated heterocycles. The Morgan fingerprint density at radius 1 is 1.27 bits per heavy atom. The Morgan fingerprint density at radius 3 is 2.41 bits per heavy atom. The highest BCUT2D eigenvalue weighted by Crippen LogP contribution is 2.49. The topological polar surface area (TPSA) is 84.4 Å². The molecule has 6 nitrogen and oxygen atoms in total. The number of pyridine rings is 1. The fourth-order valence-electron chi connectivity index (χ4n) is 2.82. The molecule has 0 amide bonds. The Morgan fingerprint density at radius 2 is 1.95 bits per heavy atom. The van der Waals surface area contributed by atoms with E-state index in [0.29, 0.717) is 6.54 Å². The maximum absolute atomic E-state index is 12.8. The van der Waals surface area contributed by atoms with Gasteiger partial charge >= 0.3 is 0 Å². The first-order valence-electron chi connectivity index (χ1n) is 7.32. The normalized spacial score (nSPS) is 21.0.